The zero-order chi connectivity index (χ0) is 23.7. The molecule has 2 heterocycles. The lowest BCUT2D eigenvalue weighted by Gasteiger charge is -2.37. The van der Waals surface area contributed by atoms with Crippen LogP contribution in [0.2, 0.25) is 5.02 Å². The SMILES string of the molecule is Cc1ccc(N2C(=O)C(Sc3ccc(Cl)cc3)=C(N3CCN(c4ccccc4)CC3)C2=O)cc1. The Morgan fingerprint density at radius 3 is 1.97 bits per heavy atom. The van der Waals surface area contributed by atoms with E-state index in [0.29, 0.717) is 34.4 Å². The summed E-state index contributed by atoms with van der Waals surface area (Å²) in [7, 11) is 0. The fraction of sp³-hybridized carbons (Fsp3) is 0.185. The predicted octanol–water partition coefficient (Wildman–Crippen LogP) is 5.35. The molecule has 1 saturated heterocycles. The topological polar surface area (TPSA) is 43.9 Å². The molecule has 7 heteroatoms. The molecule has 0 unspecified atom stereocenters. The average molecular weight is 490 g/mol. The maximum Gasteiger partial charge on any atom is 0.283 e. The second-order valence-electron chi connectivity index (χ2n) is 8.32. The number of nitrogens with zero attached hydrogens (tertiary/aromatic N) is 3. The van der Waals surface area contributed by atoms with E-state index in [-0.39, 0.29) is 11.8 Å². The van der Waals surface area contributed by atoms with Gasteiger partial charge in [-0.1, -0.05) is 59.3 Å². The summed E-state index contributed by atoms with van der Waals surface area (Å²) in [5.74, 6) is -0.548. The molecule has 0 bridgehead atoms. The zero-order valence-electron chi connectivity index (χ0n) is 18.8. The van der Waals surface area contributed by atoms with Gasteiger partial charge in [-0.2, -0.15) is 0 Å². The maximum atomic E-state index is 13.7. The normalized spacial score (nSPS) is 16.6. The summed E-state index contributed by atoms with van der Waals surface area (Å²) < 4.78 is 0. The van der Waals surface area contributed by atoms with Crippen molar-refractivity contribution < 1.29 is 9.59 Å². The molecule has 0 radical (unpaired) electrons. The highest BCUT2D eigenvalue weighted by molar-refractivity contribution is 8.04. The molecule has 5 rings (SSSR count). The van der Waals surface area contributed by atoms with Gasteiger partial charge in [0.25, 0.3) is 11.8 Å². The molecule has 0 saturated carbocycles. The molecule has 3 aromatic rings. The minimum absolute atomic E-state index is 0.265. The summed E-state index contributed by atoms with van der Waals surface area (Å²) >= 11 is 7.37. The number of thioether (sulfide) groups is 1. The minimum Gasteiger partial charge on any atom is -0.368 e. The van der Waals surface area contributed by atoms with Gasteiger partial charge in [0, 0.05) is 41.8 Å². The standard InChI is InChI=1S/C27H24ClN3O2S/c1-19-7-11-22(12-8-19)31-26(32)24(25(27(31)33)34-23-13-9-20(28)10-14-23)30-17-15-29(16-18-30)21-5-3-2-4-6-21/h2-14H,15-18H2,1H3. The number of hydrogen-bond acceptors (Lipinski definition) is 5. The fourth-order valence-electron chi connectivity index (χ4n) is 4.24. The molecule has 0 aliphatic carbocycles. The van der Waals surface area contributed by atoms with Gasteiger partial charge in [0.1, 0.15) is 10.6 Å². The van der Waals surface area contributed by atoms with Crippen LogP contribution in [0.1, 0.15) is 5.56 Å². The first-order valence-corrected chi connectivity index (χ1v) is 12.4. The number of rotatable bonds is 5. The van der Waals surface area contributed by atoms with E-state index >= 15 is 0 Å². The zero-order valence-corrected chi connectivity index (χ0v) is 20.4. The van der Waals surface area contributed by atoms with E-state index in [1.807, 2.05) is 61.5 Å². The number of halogens is 1. The van der Waals surface area contributed by atoms with Crippen LogP contribution < -0.4 is 9.80 Å². The van der Waals surface area contributed by atoms with E-state index in [2.05, 4.69) is 21.9 Å². The van der Waals surface area contributed by atoms with Gasteiger partial charge in [0.2, 0.25) is 0 Å². The number of anilines is 2. The van der Waals surface area contributed by atoms with Crippen LogP contribution in [-0.2, 0) is 9.59 Å². The van der Waals surface area contributed by atoms with Crippen molar-refractivity contribution in [3.63, 3.8) is 0 Å². The average Bonchev–Trinajstić information content (AvgIpc) is 3.11. The van der Waals surface area contributed by atoms with Gasteiger partial charge >= 0.3 is 0 Å². The van der Waals surface area contributed by atoms with Crippen LogP contribution in [0.3, 0.4) is 0 Å². The Labute approximate surface area is 208 Å². The number of carbonyl (C=O) groups is 2. The summed E-state index contributed by atoms with van der Waals surface area (Å²) in [6.07, 6.45) is 0. The molecule has 0 N–H and O–H groups in total. The summed E-state index contributed by atoms with van der Waals surface area (Å²) in [5, 5.41) is 0.630. The highest BCUT2D eigenvalue weighted by Crippen LogP contribution is 2.39. The highest BCUT2D eigenvalue weighted by atomic mass is 35.5. The van der Waals surface area contributed by atoms with Crippen LogP contribution in [0, 0.1) is 6.92 Å². The van der Waals surface area contributed by atoms with Gasteiger partial charge in [-0.25, -0.2) is 4.90 Å². The van der Waals surface area contributed by atoms with Crippen molar-refractivity contribution >= 4 is 46.6 Å². The van der Waals surface area contributed by atoms with Crippen molar-refractivity contribution in [3.05, 3.63) is 100 Å². The quantitative estimate of drug-likeness (QED) is 0.452. The molecule has 0 spiro atoms. The number of carbonyl (C=O) groups excluding carboxylic acids is 2. The molecular weight excluding hydrogens is 466 g/mol. The van der Waals surface area contributed by atoms with Crippen molar-refractivity contribution in [3.8, 4) is 0 Å². The Balaban J connectivity index is 1.45. The van der Waals surface area contributed by atoms with Crippen LogP contribution in [-0.4, -0.2) is 42.9 Å². The number of piperazine rings is 1. The molecule has 172 valence electrons. The Morgan fingerprint density at radius 1 is 0.706 bits per heavy atom. The van der Waals surface area contributed by atoms with Crippen LogP contribution in [0.4, 0.5) is 11.4 Å². The predicted molar refractivity (Wildman–Crippen MR) is 138 cm³/mol. The van der Waals surface area contributed by atoms with Crippen LogP contribution in [0.25, 0.3) is 0 Å². The van der Waals surface area contributed by atoms with Gasteiger partial charge in [0.15, 0.2) is 0 Å². The van der Waals surface area contributed by atoms with Crippen LogP contribution in [0.15, 0.2) is 94.4 Å². The molecule has 0 aromatic heterocycles. The second-order valence-corrected chi connectivity index (χ2v) is 9.84. The summed E-state index contributed by atoms with van der Waals surface area (Å²) in [6, 6.07) is 25.1. The Kier molecular flexibility index (Phi) is 6.35. The molecule has 5 nitrogen and oxygen atoms in total. The van der Waals surface area contributed by atoms with Crippen molar-refractivity contribution in [1.82, 2.24) is 4.90 Å². The van der Waals surface area contributed by atoms with Crippen LogP contribution in [0.5, 0.6) is 0 Å². The largest absolute Gasteiger partial charge is 0.368 e. The number of imide groups is 1. The number of para-hydroxylation sites is 1. The van der Waals surface area contributed by atoms with E-state index in [4.69, 9.17) is 11.6 Å². The lowest BCUT2D eigenvalue weighted by atomic mass is 10.2. The van der Waals surface area contributed by atoms with E-state index in [1.165, 1.54) is 22.3 Å². The smallest absolute Gasteiger partial charge is 0.283 e. The van der Waals surface area contributed by atoms with E-state index in [0.717, 1.165) is 23.5 Å². The number of hydrogen-bond donors (Lipinski definition) is 0. The van der Waals surface area contributed by atoms with Gasteiger partial charge in [-0.05, 0) is 55.5 Å². The monoisotopic (exact) mass is 489 g/mol. The number of amides is 2. The van der Waals surface area contributed by atoms with Gasteiger partial charge in [-0.3, -0.25) is 9.59 Å². The lowest BCUT2D eigenvalue weighted by Crippen LogP contribution is -2.47. The number of benzene rings is 3. The summed E-state index contributed by atoms with van der Waals surface area (Å²) in [4.78, 5) is 34.2. The van der Waals surface area contributed by atoms with Crippen molar-refractivity contribution in [2.75, 3.05) is 36.0 Å². The first kappa shape index (κ1) is 22.6. The third kappa shape index (κ3) is 4.43. The molecule has 0 atom stereocenters. The van der Waals surface area contributed by atoms with Crippen molar-refractivity contribution in [2.24, 2.45) is 0 Å². The Bertz CT molecular complexity index is 1240. The summed E-state index contributed by atoms with van der Waals surface area (Å²) in [6.45, 7) is 4.86. The molecule has 1 fully saturated rings. The van der Waals surface area contributed by atoms with Crippen LogP contribution >= 0.6 is 23.4 Å². The second kappa shape index (κ2) is 9.57. The Morgan fingerprint density at radius 2 is 1.32 bits per heavy atom. The maximum absolute atomic E-state index is 13.7. The van der Waals surface area contributed by atoms with E-state index in [9.17, 15) is 9.59 Å². The molecule has 2 aliphatic heterocycles. The van der Waals surface area contributed by atoms with Gasteiger partial charge in [0.05, 0.1) is 5.69 Å². The van der Waals surface area contributed by atoms with E-state index in [1.54, 1.807) is 12.1 Å². The first-order valence-electron chi connectivity index (χ1n) is 11.2. The fourth-order valence-corrected chi connectivity index (χ4v) is 5.37. The Hall–Kier alpha value is -3.22. The molecule has 2 amide bonds. The van der Waals surface area contributed by atoms with Crippen molar-refractivity contribution in [2.45, 2.75) is 11.8 Å². The molecular formula is C27H24ClN3O2S. The minimum atomic E-state index is -0.283. The molecule has 2 aliphatic rings. The first-order chi connectivity index (χ1) is 16.5. The van der Waals surface area contributed by atoms with Crippen molar-refractivity contribution in [1.29, 1.82) is 0 Å². The third-order valence-corrected chi connectivity index (χ3v) is 7.39. The number of aryl methyl sites for hydroxylation is 1. The third-order valence-electron chi connectivity index (χ3n) is 6.06. The molecule has 34 heavy (non-hydrogen) atoms. The van der Waals surface area contributed by atoms with Gasteiger partial charge in [-0.15, -0.1) is 0 Å². The molecule has 3 aromatic carbocycles. The lowest BCUT2D eigenvalue weighted by molar-refractivity contribution is -0.121. The highest BCUT2D eigenvalue weighted by Gasteiger charge is 2.43. The van der Waals surface area contributed by atoms with Gasteiger partial charge < -0.3 is 9.80 Å². The van der Waals surface area contributed by atoms with E-state index < -0.39 is 0 Å². The summed E-state index contributed by atoms with van der Waals surface area (Å²) in [5.41, 5.74) is 3.32.